The van der Waals surface area contributed by atoms with Crippen molar-refractivity contribution in [1.29, 1.82) is 0 Å². The average Bonchev–Trinajstić information content (AvgIpc) is 3.23. The molecule has 2 aromatic carbocycles. The van der Waals surface area contributed by atoms with Gasteiger partial charge in [0.1, 0.15) is 17.8 Å². The molecule has 0 fully saturated rings. The quantitative estimate of drug-likeness (QED) is 0.384. The zero-order valence-corrected chi connectivity index (χ0v) is 17.7. The lowest BCUT2D eigenvalue weighted by atomic mass is 10.1. The molecule has 0 aliphatic rings. The highest BCUT2D eigenvalue weighted by molar-refractivity contribution is 5.64. The Hall–Kier alpha value is -3.87. The Balaban J connectivity index is 1.71. The summed E-state index contributed by atoms with van der Waals surface area (Å²) in [5.74, 6) is 2.44. The van der Waals surface area contributed by atoms with Crippen molar-refractivity contribution in [2.24, 2.45) is 0 Å². The number of allylic oxidation sites excluding steroid dienone is 1. The van der Waals surface area contributed by atoms with Gasteiger partial charge in [0.05, 0.1) is 26.1 Å². The first-order valence-electron chi connectivity index (χ1n) is 10.0. The first-order chi connectivity index (χ1) is 15.2. The van der Waals surface area contributed by atoms with E-state index in [1.165, 1.54) is 0 Å². The van der Waals surface area contributed by atoms with Crippen LogP contribution in [0.5, 0.6) is 11.5 Å². The molecule has 2 heterocycles. The maximum atomic E-state index is 5.29. The minimum absolute atomic E-state index is 0.659. The second-order valence-electron chi connectivity index (χ2n) is 7.11. The van der Waals surface area contributed by atoms with Crippen molar-refractivity contribution >= 4 is 11.5 Å². The number of anilines is 1. The molecule has 4 aromatic rings. The summed E-state index contributed by atoms with van der Waals surface area (Å²) in [5.41, 5.74) is 3.98. The highest BCUT2D eigenvalue weighted by atomic mass is 16.5. The van der Waals surface area contributed by atoms with Crippen LogP contribution in [0.25, 0.3) is 5.65 Å². The van der Waals surface area contributed by atoms with Crippen LogP contribution in [0.15, 0.2) is 73.7 Å². The van der Waals surface area contributed by atoms with Crippen molar-refractivity contribution in [1.82, 2.24) is 19.6 Å². The highest BCUT2D eigenvalue weighted by Gasteiger charge is 2.17. The van der Waals surface area contributed by atoms with Gasteiger partial charge in [0.15, 0.2) is 11.5 Å². The van der Waals surface area contributed by atoms with E-state index in [0.29, 0.717) is 19.5 Å². The topological polar surface area (TPSA) is 64.8 Å². The molecule has 0 saturated carbocycles. The number of imidazole rings is 1. The molecule has 0 saturated heterocycles. The minimum Gasteiger partial charge on any atom is -0.497 e. The lowest BCUT2D eigenvalue weighted by Gasteiger charge is -2.24. The Kier molecular flexibility index (Phi) is 6.12. The molecule has 0 aliphatic heterocycles. The molecule has 0 radical (unpaired) electrons. The van der Waals surface area contributed by atoms with E-state index in [9.17, 15) is 0 Å². The van der Waals surface area contributed by atoms with Gasteiger partial charge in [-0.2, -0.15) is 5.10 Å². The number of hydrogen-bond acceptors (Lipinski definition) is 6. The predicted molar refractivity (Wildman–Crippen MR) is 121 cm³/mol. The van der Waals surface area contributed by atoms with Crippen LogP contribution in [0.3, 0.4) is 0 Å². The number of aromatic nitrogens is 4. The fraction of sp³-hybridized carbons (Fsp3) is 0.208. The first kappa shape index (κ1) is 20.4. The van der Waals surface area contributed by atoms with Gasteiger partial charge in [0.2, 0.25) is 0 Å². The summed E-state index contributed by atoms with van der Waals surface area (Å²) in [6.45, 7) is 5.14. The van der Waals surface area contributed by atoms with E-state index in [0.717, 1.165) is 39.8 Å². The zero-order valence-electron chi connectivity index (χ0n) is 17.7. The van der Waals surface area contributed by atoms with Gasteiger partial charge in [0, 0.05) is 19.5 Å². The van der Waals surface area contributed by atoms with Crippen molar-refractivity contribution in [2.75, 3.05) is 19.1 Å². The second kappa shape index (κ2) is 9.30. The molecular formula is C24H25N5O2. The van der Waals surface area contributed by atoms with E-state index < -0.39 is 0 Å². The summed E-state index contributed by atoms with van der Waals surface area (Å²) in [6.07, 6.45) is 5.94. The summed E-state index contributed by atoms with van der Waals surface area (Å²) >= 11 is 0. The van der Waals surface area contributed by atoms with Crippen molar-refractivity contribution in [3.8, 4) is 11.5 Å². The molecule has 31 heavy (non-hydrogen) atoms. The third-order valence-corrected chi connectivity index (χ3v) is 5.07. The molecule has 0 atom stereocenters. The largest absolute Gasteiger partial charge is 0.497 e. The van der Waals surface area contributed by atoms with E-state index in [4.69, 9.17) is 9.47 Å². The van der Waals surface area contributed by atoms with Crippen molar-refractivity contribution < 1.29 is 9.47 Å². The van der Waals surface area contributed by atoms with Crippen LogP contribution in [0, 0.1) is 0 Å². The summed E-state index contributed by atoms with van der Waals surface area (Å²) in [5, 5.41) is 4.40. The molecule has 158 valence electrons. The number of hydrogen-bond donors (Lipinski definition) is 0. The van der Waals surface area contributed by atoms with Crippen LogP contribution in [-0.4, -0.2) is 33.8 Å². The highest BCUT2D eigenvalue weighted by Crippen LogP contribution is 2.24. The van der Waals surface area contributed by atoms with E-state index in [2.05, 4.69) is 50.8 Å². The Morgan fingerprint density at radius 2 is 1.48 bits per heavy atom. The Morgan fingerprint density at radius 3 is 2.00 bits per heavy atom. The van der Waals surface area contributed by atoms with Crippen LogP contribution in [-0.2, 0) is 19.5 Å². The van der Waals surface area contributed by atoms with Gasteiger partial charge >= 0.3 is 0 Å². The number of rotatable bonds is 9. The fourth-order valence-electron chi connectivity index (χ4n) is 3.47. The molecule has 0 amide bonds. The lowest BCUT2D eigenvalue weighted by molar-refractivity contribution is 0.414. The number of methoxy groups -OCH3 is 2. The molecule has 0 unspecified atom stereocenters. The Bertz CT molecular complexity index is 1100. The van der Waals surface area contributed by atoms with E-state index >= 15 is 0 Å². The smallest absolute Gasteiger partial charge is 0.197 e. The average molecular weight is 415 g/mol. The monoisotopic (exact) mass is 415 g/mol. The number of nitrogens with zero attached hydrogens (tertiary/aromatic N) is 5. The van der Waals surface area contributed by atoms with E-state index in [1.807, 2.05) is 41.1 Å². The zero-order chi connectivity index (χ0) is 21.6. The van der Waals surface area contributed by atoms with E-state index in [1.54, 1.807) is 20.5 Å². The van der Waals surface area contributed by atoms with Gasteiger partial charge in [-0.25, -0.2) is 14.5 Å². The number of benzene rings is 2. The summed E-state index contributed by atoms with van der Waals surface area (Å²) < 4.78 is 12.4. The van der Waals surface area contributed by atoms with Crippen LogP contribution in [0.2, 0.25) is 0 Å². The molecule has 2 aromatic heterocycles. The van der Waals surface area contributed by atoms with Gasteiger partial charge in [0.25, 0.3) is 0 Å². The standard InChI is InChI=1S/C24H25N5O2/c1-4-5-20-14-25-24-23(26-17-27-29(20)24)28(15-18-6-10-21(30-2)11-7-18)16-19-8-12-22(31-3)13-9-19/h4,6-14,17H,1,5,15-16H2,2-3H3. The Labute approximate surface area is 181 Å². The molecule has 0 bridgehead atoms. The Morgan fingerprint density at radius 1 is 0.903 bits per heavy atom. The number of ether oxygens (including phenoxy) is 2. The SMILES string of the molecule is C=CCc1cnc2c(N(Cc3ccc(OC)cc3)Cc3ccc(OC)cc3)ncnn12. The molecule has 0 N–H and O–H groups in total. The molecule has 7 nitrogen and oxygen atoms in total. The van der Waals surface area contributed by atoms with Crippen LogP contribution in [0.1, 0.15) is 16.8 Å². The molecule has 0 spiro atoms. The van der Waals surface area contributed by atoms with Crippen molar-refractivity contribution in [3.05, 3.63) is 90.5 Å². The van der Waals surface area contributed by atoms with Crippen molar-refractivity contribution in [3.63, 3.8) is 0 Å². The van der Waals surface area contributed by atoms with Crippen LogP contribution < -0.4 is 14.4 Å². The summed E-state index contributed by atoms with van der Waals surface area (Å²) in [7, 11) is 3.34. The normalized spacial score (nSPS) is 10.8. The molecule has 0 aliphatic carbocycles. The fourth-order valence-corrected chi connectivity index (χ4v) is 3.47. The van der Waals surface area contributed by atoms with Crippen LogP contribution >= 0.6 is 0 Å². The lowest BCUT2D eigenvalue weighted by Crippen LogP contribution is -2.24. The third-order valence-electron chi connectivity index (χ3n) is 5.07. The van der Waals surface area contributed by atoms with Gasteiger partial charge in [-0.05, 0) is 35.4 Å². The maximum Gasteiger partial charge on any atom is 0.197 e. The van der Waals surface area contributed by atoms with E-state index in [-0.39, 0.29) is 0 Å². The molecule has 7 heteroatoms. The summed E-state index contributed by atoms with van der Waals surface area (Å²) in [6, 6.07) is 16.1. The second-order valence-corrected chi connectivity index (χ2v) is 7.11. The van der Waals surface area contributed by atoms with Crippen molar-refractivity contribution in [2.45, 2.75) is 19.5 Å². The predicted octanol–water partition coefficient (Wildman–Crippen LogP) is 4.08. The number of fused-ring (bicyclic) bond motifs is 1. The van der Waals surface area contributed by atoms with Gasteiger partial charge in [-0.1, -0.05) is 30.3 Å². The van der Waals surface area contributed by atoms with Crippen LogP contribution in [0.4, 0.5) is 5.82 Å². The molecule has 4 rings (SSSR count). The molecular weight excluding hydrogens is 390 g/mol. The minimum atomic E-state index is 0.659. The van der Waals surface area contributed by atoms with Gasteiger partial charge < -0.3 is 14.4 Å². The van der Waals surface area contributed by atoms with Gasteiger partial charge in [-0.3, -0.25) is 0 Å². The third kappa shape index (κ3) is 4.50. The maximum absolute atomic E-state index is 5.29. The van der Waals surface area contributed by atoms with Gasteiger partial charge in [-0.15, -0.1) is 6.58 Å². The first-order valence-corrected chi connectivity index (χ1v) is 10.0. The summed E-state index contributed by atoms with van der Waals surface area (Å²) in [4.78, 5) is 11.4.